The molecule has 8 heteroatoms. The maximum Gasteiger partial charge on any atom is 0.226 e. The van der Waals surface area contributed by atoms with Crippen molar-refractivity contribution in [3.63, 3.8) is 0 Å². The fourth-order valence-electron chi connectivity index (χ4n) is 3.59. The fraction of sp³-hybridized carbons (Fsp3) is 0.227. The van der Waals surface area contributed by atoms with Gasteiger partial charge >= 0.3 is 0 Å². The van der Waals surface area contributed by atoms with Gasteiger partial charge in [-0.05, 0) is 71.0 Å². The van der Waals surface area contributed by atoms with Gasteiger partial charge in [0.1, 0.15) is 0 Å². The fourth-order valence-corrected chi connectivity index (χ4v) is 5.50. The average Bonchev–Trinajstić information content (AvgIpc) is 3.31. The smallest absolute Gasteiger partial charge is 0.226 e. The molecule has 2 aromatic heterocycles. The molecule has 0 bridgehead atoms. The number of aromatic nitrogens is 1. The molecule has 5 nitrogen and oxygen atoms in total. The predicted molar refractivity (Wildman–Crippen MR) is 129 cm³/mol. The zero-order valence-corrected chi connectivity index (χ0v) is 19.6. The molecule has 3 aromatic rings. The number of carbonyl (C=O) groups excluding carboxylic acids is 1. The summed E-state index contributed by atoms with van der Waals surface area (Å²) in [5, 5.41) is 7.06. The molecule has 1 aliphatic heterocycles. The van der Waals surface area contributed by atoms with E-state index in [2.05, 4.69) is 42.5 Å². The molecule has 1 fully saturated rings. The molecular formula is C22H21BrN4OS2. The number of rotatable bonds is 6. The highest BCUT2D eigenvalue weighted by molar-refractivity contribution is 9.11. The molecule has 1 amide bonds. The molecule has 2 unspecified atom stereocenters. The van der Waals surface area contributed by atoms with E-state index < -0.39 is 0 Å². The number of carbonyl (C=O) groups is 1. The monoisotopic (exact) mass is 500 g/mol. The summed E-state index contributed by atoms with van der Waals surface area (Å²) in [6, 6.07) is 17.7. The van der Waals surface area contributed by atoms with Crippen molar-refractivity contribution < 1.29 is 4.79 Å². The lowest BCUT2D eigenvalue weighted by Crippen LogP contribution is -2.32. The number of halogens is 1. The van der Waals surface area contributed by atoms with Crippen LogP contribution < -0.4 is 10.6 Å². The number of hydrogen-bond donors (Lipinski definition) is 2. The van der Waals surface area contributed by atoms with Gasteiger partial charge in [0, 0.05) is 29.7 Å². The van der Waals surface area contributed by atoms with Gasteiger partial charge in [0.05, 0.1) is 21.6 Å². The van der Waals surface area contributed by atoms with Crippen molar-refractivity contribution in [2.24, 2.45) is 0 Å². The Hall–Kier alpha value is -2.29. The number of thiophene rings is 1. The van der Waals surface area contributed by atoms with Crippen molar-refractivity contribution in [3.05, 3.63) is 80.7 Å². The van der Waals surface area contributed by atoms with Gasteiger partial charge < -0.3 is 15.5 Å². The quantitative estimate of drug-likeness (QED) is 0.454. The third kappa shape index (κ3) is 4.55. The average molecular weight is 501 g/mol. The van der Waals surface area contributed by atoms with Crippen LogP contribution in [0, 0.1) is 6.92 Å². The minimum Gasteiger partial charge on any atom is -0.352 e. The van der Waals surface area contributed by atoms with Gasteiger partial charge in [0.25, 0.3) is 0 Å². The molecule has 2 N–H and O–H groups in total. The highest BCUT2D eigenvalue weighted by atomic mass is 79.9. The Labute approximate surface area is 193 Å². The van der Waals surface area contributed by atoms with Gasteiger partial charge in [-0.1, -0.05) is 24.3 Å². The van der Waals surface area contributed by atoms with Crippen LogP contribution in [0.3, 0.4) is 0 Å². The number of hydrogen-bond acceptors (Lipinski definition) is 4. The van der Waals surface area contributed by atoms with Gasteiger partial charge in [0.15, 0.2) is 5.11 Å². The largest absolute Gasteiger partial charge is 0.352 e. The van der Waals surface area contributed by atoms with E-state index in [1.54, 1.807) is 17.5 Å². The molecule has 154 valence electrons. The number of anilines is 1. The number of aryl methyl sites for hydroxylation is 1. The van der Waals surface area contributed by atoms with Crippen LogP contribution in [0.1, 0.15) is 34.6 Å². The van der Waals surface area contributed by atoms with Crippen LogP contribution >= 0.6 is 39.5 Å². The second kappa shape index (κ2) is 9.24. The van der Waals surface area contributed by atoms with Gasteiger partial charge in [0.2, 0.25) is 5.91 Å². The van der Waals surface area contributed by atoms with Crippen LogP contribution in [0.25, 0.3) is 0 Å². The van der Waals surface area contributed by atoms with Crippen LogP contribution in [0.4, 0.5) is 5.69 Å². The highest BCUT2D eigenvalue weighted by Gasteiger charge is 2.40. The second-order valence-corrected chi connectivity index (χ2v) is 9.96. The Morgan fingerprint density at radius 1 is 1.23 bits per heavy atom. The molecule has 0 spiro atoms. The molecule has 2 atom stereocenters. The van der Waals surface area contributed by atoms with Crippen LogP contribution in [0.5, 0.6) is 0 Å². The first kappa shape index (κ1) is 21.0. The van der Waals surface area contributed by atoms with Crippen LogP contribution in [-0.4, -0.2) is 27.4 Å². The lowest BCUT2D eigenvalue weighted by molar-refractivity contribution is -0.116. The molecule has 1 saturated heterocycles. The molecule has 1 aromatic carbocycles. The highest BCUT2D eigenvalue weighted by Crippen LogP contribution is 2.42. The lowest BCUT2D eigenvalue weighted by Gasteiger charge is -2.26. The summed E-state index contributed by atoms with van der Waals surface area (Å²) < 4.78 is 1.06. The second-order valence-electron chi connectivity index (χ2n) is 7.07. The van der Waals surface area contributed by atoms with Gasteiger partial charge in [-0.2, -0.15) is 0 Å². The number of nitrogens with zero attached hydrogens (tertiary/aromatic N) is 2. The molecule has 30 heavy (non-hydrogen) atoms. The normalized spacial score (nSPS) is 18.3. The molecule has 3 heterocycles. The van der Waals surface area contributed by atoms with E-state index in [1.165, 1.54) is 4.88 Å². The lowest BCUT2D eigenvalue weighted by atomic mass is 10.0. The molecule has 0 saturated carbocycles. The van der Waals surface area contributed by atoms with Crippen molar-refractivity contribution in [1.82, 2.24) is 15.2 Å². The standard InChI is InChI=1S/C22H21BrN4OS2/c1-14-6-2-3-7-15(14)25-19(28)11-13-27-21(17-9-10-18(23)30-17)20(26-22(27)29)16-8-4-5-12-24-16/h2-10,12,20-21H,11,13H2,1H3,(H,25,28)(H,26,29). The summed E-state index contributed by atoms with van der Waals surface area (Å²) in [7, 11) is 0. The van der Waals surface area contributed by atoms with E-state index in [1.807, 2.05) is 55.5 Å². The predicted octanol–water partition coefficient (Wildman–Crippen LogP) is 5.22. The summed E-state index contributed by atoms with van der Waals surface area (Å²) >= 11 is 10.9. The maximum absolute atomic E-state index is 12.6. The zero-order chi connectivity index (χ0) is 21.1. The van der Waals surface area contributed by atoms with Crippen LogP contribution in [0.2, 0.25) is 0 Å². The van der Waals surface area contributed by atoms with E-state index in [4.69, 9.17) is 12.2 Å². The first-order valence-electron chi connectivity index (χ1n) is 9.61. The van der Waals surface area contributed by atoms with E-state index in [0.717, 1.165) is 20.7 Å². The Bertz CT molecular complexity index is 1060. The van der Waals surface area contributed by atoms with Crippen molar-refractivity contribution in [2.75, 3.05) is 11.9 Å². The number of nitrogens with one attached hydrogen (secondary N) is 2. The summed E-state index contributed by atoms with van der Waals surface area (Å²) in [5.74, 6) is -0.0282. The first-order chi connectivity index (χ1) is 14.5. The van der Waals surface area contributed by atoms with Crippen molar-refractivity contribution in [1.29, 1.82) is 0 Å². The Morgan fingerprint density at radius 2 is 2.03 bits per heavy atom. The Balaban J connectivity index is 1.52. The third-order valence-corrected chi connectivity index (χ3v) is 7.13. The summed E-state index contributed by atoms with van der Waals surface area (Å²) in [6.07, 6.45) is 2.13. The summed E-state index contributed by atoms with van der Waals surface area (Å²) in [5.41, 5.74) is 2.82. The van der Waals surface area contributed by atoms with Gasteiger partial charge in [-0.25, -0.2) is 0 Å². The van der Waals surface area contributed by atoms with Gasteiger partial charge in [-0.15, -0.1) is 11.3 Å². The molecular weight excluding hydrogens is 480 g/mol. The van der Waals surface area contributed by atoms with Crippen LogP contribution in [-0.2, 0) is 4.79 Å². The summed E-state index contributed by atoms with van der Waals surface area (Å²) in [4.78, 5) is 20.4. The van der Waals surface area contributed by atoms with E-state index in [9.17, 15) is 4.79 Å². The third-order valence-electron chi connectivity index (χ3n) is 5.08. The Kier molecular flexibility index (Phi) is 6.46. The first-order valence-corrected chi connectivity index (χ1v) is 11.6. The van der Waals surface area contributed by atoms with Gasteiger partial charge in [-0.3, -0.25) is 9.78 Å². The number of para-hydroxylation sites is 1. The number of benzene rings is 1. The van der Waals surface area contributed by atoms with E-state index in [0.29, 0.717) is 18.1 Å². The minimum atomic E-state index is -0.0660. The molecule has 4 rings (SSSR count). The number of amides is 1. The minimum absolute atomic E-state index is 0.0186. The maximum atomic E-state index is 12.6. The Morgan fingerprint density at radius 3 is 2.73 bits per heavy atom. The number of pyridine rings is 1. The zero-order valence-electron chi connectivity index (χ0n) is 16.3. The van der Waals surface area contributed by atoms with E-state index >= 15 is 0 Å². The van der Waals surface area contributed by atoms with E-state index in [-0.39, 0.29) is 18.0 Å². The van der Waals surface area contributed by atoms with Crippen molar-refractivity contribution in [3.8, 4) is 0 Å². The van der Waals surface area contributed by atoms with Crippen molar-refractivity contribution in [2.45, 2.75) is 25.4 Å². The molecule has 1 aliphatic rings. The topological polar surface area (TPSA) is 57.3 Å². The summed E-state index contributed by atoms with van der Waals surface area (Å²) in [6.45, 7) is 2.50. The SMILES string of the molecule is Cc1ccccc1NC(=O)CCN1C(=S)NC(c2ccccn2)C1c1ccc(Br)s1. The molecule has 0 radical (unpaired) electrons. The molecule has 0 aliphatic carbocycles. The van der Waals surface area contributed by atoms with Crippen LogP contribution in [0.15, 0.2) is 64.6 Å². The van der Waals surface area contributed by atoms with Crippen molar-refractivity contribution >= 4 is 56.2 Å². The number of thiocarbonyl (C=S) groups is 1.